The third kappa shape index (κ3) is 5.57. The Balaban J connectivity index is 0.00000338. The van der Waals surface area contributed by atoms with Gasteiger partial charge in [0.1, 0.15) is 0 Å². The molecule has 0 bridgehead atoms. The van der Waals surface area contributed by atoms with Gasteiger partial charge in [0.2, 0.25) is 5.91 Å². The highest BCUT2D eigenvalue weighted by molar-refractivity contribution is 14.0. The Morgan fingerprint density at radius 1 is 1.31 bits per heavy atom. The molecule has 1 heterocycles. The molecule has 1 aromatic carbocycles. The average molecular weight is 494 g/mol. The van der Waals surface area contributed by atoms with Crippen molar-refractivity contribution in [2.75, 3.05) is 31.7 Å². The lowest BCUT2D eigenvalue weighted by molar-refractivity contribution is -0.116. The maximum Gasteiger partial charge on any atom is 0.225 e. The van der Waals surface area contributed by atoms with Gasteiger partial charge in [-0.1, -0.05) is 18.2 Å². The molecule has 1 atom stereocenters. The van der Waals surface area contributed by atoms with Gasteiger partial charge in [-0.15, -0.1) is 24.0 Å². The summed E-state index contributed by atoms with van der Waals surface area (Å²) in [5.74, 6) is 0.540. The Bertz CT molecular complexity index is 778. The number of anilines is 1. The van der Waals surface area contributed by atoms with Crippen LogP contribution in [0.5, 0.6) is 0 Å². The summed E-state index contributed by atoms with van der Waals surface area (Å²) in [5, 5.41) is 9.11. The zero-order valence-electron chi connectivity index (χ0n) is 15.5. The van der Waals surface area contributed by atoms with Crippen molar-refractivity contribution in [1.82, 2.24) is 10.6 Å². The van der Waals surface area contributed by atoms with Crippen molar-refractivity contribution >= 4 is 51.4 Å². The lowest BCUT2D eigenvalue weighted by Gasteiger charge is -2.27. The topological polar surface area (TPSA) is 99.7 Å². The van der Waals surface area contributed by atoms with E-state index in [9.17, 15) is 13.2 Å². The molecule has 1 aliphatic rings. The number of halogens is 1. The summed E-state index contributed by atoms with van der Waals surface area (Å²) in [4.78, 5) is 16.0. The van der Waals surface area contributed by atoms with Crippen molar-refractivity contribution in [3.63, 3.8) is 0 Å². The number of nitrogens with one attached hydrogen (secondary N) is 3. The number of carbonyl (C=O) groups is 1. The standard InChI is InChI=1S/C17H26N4O3S.HI/c1-17(2,25(4,23)24)11-20-16(18-3)19-10-12-9-15(22)21-14-8-6-5-7-13(12)14;/h5-8,12H,9-11H2,1-4H3,(H,21,22)(H2,18,19,20);1H. The molecule has 0 radical (unpaired) electrons. The highest BCUT2D eigenvalue weighted by Crippen LogP contribution is 2.31. The molecule has 0 aromatic heterocycles. The molecule has 7 nitrogen and oxygen atoms in total. The number of para-hydroxylation sites is 1. The van der Waals surface area contributed by atoms with Crippen LogP contribution in [0, 0.1) is 0 Å². The largest absolute Gasteiger partial charge is 0.356 e. The van der Waals surface area contributed by atoms with Crippen molar-refractivity contribution in [1.29, 1.82) is 0 Å². The van der Waals surface area contributed by atoms with Gasteiger partial charge in [0.25, 0.3) is 0 Å². The van der Waals surface area contributed by atoms with Gasteiger partial charge in [-0.25, -0.2) is 8.42 Å². The molecule has 0 saturated heterocycles. The number of benzene rings is 1. The monoisotopic (exact) mass is 494 g/mol. The molecule has 1 amide bonds. The number of amides is 1. The summed E-state index contributed by atoms with van der Waals surface area (Å²) < 4.78 is 22.7. The number of nitrogens with zero attached hydrogens (tertiary/aromatic N) is 1. The van der Waals surface area contributed by atoms with Crippen LogP contribution in [0.15, 0.2) is 29.3 Å². The van der Waals surface area contributed by atoms with E-state index in [0.29, 0.717) is 18.9 Å². The van der Waals surface area contributed by atoms with Crippen molar-refractivity contribution in [2.45, 2.75) is 30.9 Å². The van der Waals surface area contributed by atoms with Gasteiger partial charge < -0.3 is 16.0 Å². The van der Waals surface area contributed by atoms with Crippen molar-refractivity contribution < 1.29 is 13.2 Å². The maximum atomic E-state index is 11.9. The smallest absolute Gasteiger partial charge is 0.225 e. The molecule has 0 fully saturated rings. The third-order valence-corrected chi connectivity index (χ3v) is 6.68. The quantitative estimate of drug-likeness (QED) is 0.329. The van der Waals surface area contributed by atoms with Crippen molar-refractivity contribution in [3.8, 4) is 0 Å². The summed E-state index contributed by atoms with van der Waals surface area (Å²) >= 11 is 0. The Kier molecular flexibility index (Phi) is 7.87. The lowest BCUT2D eigenvalue weighted by atomic mass is 9.90. The minimum Gasteiger partial charge on any atom is -0.356 e. The Hall–Kier alpha value is -1.36. The van der Waals surface area contributed by atoms with E-state index in [-0.39, 0.29) is 42.3 Å². The number of fused-ring (bicyclic) bond motifs is 1. The zero-order valence-corrected chi connectivity index (χ0v) is 18.6. The predicted molar refractivity (Wildman–Crippen MR) is 116 cm³/mol. The highest BCUT2D eigenvalue weighted by atomic mass is 127. The number of aliphatic imine (C=N–C) groups is 1. The predicted octanol–water partition coefficient (Wildman–Crippen LogP) is 1.72. The molecule has 0 spiro atoms. The number of rotatable bonds is 5. The fraction of sp³-hybridized carbons (Fsp3) is 0.529. The van der Waals surface area contributed by atoms with E-state index in [0.717, 1.165) is 11.3 Å². The summed E-state index contributed by atoms with van der Waals surface area (Å²) in [6, 6.07) is 7.73. The van der Waals surface area contributed by atoms with E-state index in [1.54, 1.807) is 20.9 Å². The van der Waals surface area contributed by atoms with Crippen molar-refractivity contribution in [2.24, 2.45) is 4.99 Å². The summed E-state index contributed by atoms with van der Waals surface area (Å²) in [6.45, 7) is 4.12. The van der Waals surface area contributed by atoms with Gasteiger partial charge in [0.05, 0.1) is 4.75 Å². The molecule has 2 rings (SSSR count). The fourth-order valence-corrected chi connectivity index (χ4v) is 2.89. The second kappa shape index (κ2) is 9.03. The first-order valence-corrected chi connectivity index (χ1v) is 10.1. The van der Waals surface area contributed by atoms with Gasteiger partial charge in [-0.2, -0.15) is 0 Å². The van der Waals surface area contributed by atoms with Crippen LogP contribution in [0.3, 0.4) is 0 Å². The van der Waals surface area contributed by atoms with E-state index in [1.807, 2.05) is 24.3 Å². The van der Waals surface area contributed by atoms with Crippen LogP contribution in [0.4, 0.5) is 5.69 Å². The van der Waals surface area contributed by atoms with Gasteiger partial charge in [-0.05, 0) is 25.5 Å². The first-order valence-electron chi connectivity index (χ1n) is 8.17. The second-order valence-electron chi connectivity index (χ2n) is 6.88. The molecule has 1 unspecified atom stereocenters. The number of carbonyl (C=O) groups excluding carboxylic acids is 1. The van der Waals surface area contributed by atoms with Crippen LogP contribution in [-0.2, 0) is 14.6 Å². The van der Waals surface area contributed by atoms with Crippen LogP contribution in [0.2, 0.25) is 0 Å². The minimum absolute atomic E-state index is 0. The van der Waals surface area contributed by atoms with Crippen molar-refractivity contribution in [3.05, 3.63) is 29.8 Å². The van der Waals surface area contributed by atoms with Crippen LogP contribution >= 0.6 is 24.0 Å². The lowest BCUT2D eigenvalue weighted by Crippen LogP contribution is -2.48. The molecule has 0 aliphatic carbocycles. The van der Waals surface area contributed by atoms with Gasteiger partial charge >= 0.3 is 0 Å². The molecule has 1 aromatic rings. The molecule has 3 N–H and O–H groups in total. The van der Waals surface area contributed by atoms with E-state index in [2.05, 4.69) is 20.9 Å². The summed E-state index contributed by atoms with van der Waals surface area (Å²) in [6.07, 6.45) is 1.62. The zero-order chi connectivity index (χ0) is 18.7. The van der Waals surface area contributed by atoms with E-state index in [1.165, 1.54) is 6.26 Å². The SMILES string of the molecule is CN=C(NCC1CC(=O)Nc2ccccc21)NCC(C)(C)S(C)(=O)=O.I. The molecule has 26 heavy (non-hydrogen) atoms. The van der Waals surface area contributed by atoms with Gasteiger partial charge in [0.15, 0.2) is 15.8 Å². The maximum absolute atomic E-state index is 11.9. The second-order valence-corrected chi connectivity index (χ2v) is 9.52. The summed E-state index contributed by atoms with van der Waals surface area (Å²) in [7, 11) is -1.56. The first-order chi connectivity index (χ1) is 11.6. The van der Waals surface area contributed by atoms with Gasteiger partial charge in [-0.3, -0.25) is 9.79 Å². The van der Waals surface area contributed by atoms with Crippen LogP contribution < -0.4 is 16.0 Å². The van der Waals surface area contributed by atoms with Crippen LogP contribution in [0.1, 0.15) is 31.7 Å². The first kappa shape index (κ1) is 22.7. The van der Waals surface area contributed by atoms with Crippen LogP contribution in [0.25, 0.3) is 0 Å². The molecular formula is C17H27IN4O3S. The molecular weight excluding hydrogens is 467 g/mol. The highest BCUT2D eigenvalue weighted by Gasteiger charge is 2.30. The Labute approximate surface area is 172 Å². The number of sulfone groups is 1. The molecule has 146 valence electrons. The average Bonchev–Trinajstić information content (AvgIpc) is 2.53. The Morgan fingerprint density at radius 2 is 1.96 bits per heavy atom. The minimum atomic E-state index is -3.19. The number of hydrogen-bond donors (Lipinski definition) is 3. The Morgan fingerprint density at radius 3 is 2.58 bits per heavy atom. The molecule has 9 heteroatoms. The number of guanidine groups is 1. The van der Waals surface area contributed by atoms with Crippen LogP contribution in [-0.4, -0.2) is 51.4 Å². The molecule has 0 saturated carbocycles. The molecule has 1 aliphatic heterocycles. The third-order valence-electron chi connectivity index (χ3n) is 4.53. The van der Waals surface area contributed by atoms with E-state index < -0.39 is 14.6 Å². The summed E-state index contributed by atoms with van der Waals surface area (Å²) in [5.41, 5.74) is 1.92. The fourth-order valence-electron chi connectivity index (χ4n) is 2.55. The van der Waals surface area contributed by atoms with E-state index >= 15 is 0 Å². The normalized spacial score (nSPS) is 17.6. The van der Waals surface area contributed by atoms with E-state index in [4.69, 9.17) is 0 Å². The van der Waals surface area contributed by atoms with Gasteiger partial charge in [0, 0.05) is 44.4 Å². The number of hydrogen-bond acceptors (Lipinski definition) is 4.